The molecule has 0 heterocycles. The lowest BCUT2D eigenvalue weighted by Crippen LogP contribution is -2.30. The summed E-state index contributed by atoms with van der Waals surface area (Å²) in [6.07, 6.45) is 0. The minimum absolute atomic E-state index is 0.0572. The molecule has 0 radical (unpaired) electrons. The maximum atomic E-state index is 13.6. The van der Waals surface area contributed by atoms with E-state index in [-0.39, 0.29) is 6.54 Å². The van der Waals surface area contributed by atoms with Gasteiger partial charge in [0, 0.05) is 12.2 Å². The van der Waals surface area contributed by atoms with Crippen molar-refractivity contribution in [3.05, 3.63) is 65.7 Å². The monoisotopic (exact) mass is 275 g/mol. The number of hydrogen-bond donors (Lipinski definition) is 0. The molecule has 0 fully saturated rings. The highest BCUT2D eigenvalue weighted by Gasteiger charge is 2.19. The lowest BCUT2D eigenvalue weighted by molar-refractivity contribution is 0.0991. The van der Waals surface area contributed by atoms with Crippen LogP contribution in [0.15, 0.2) is 48.5 Å². The van der Waals surface area contributed by atoms with Crippen molar-refractivity contribution in [2.24, 2.45) is 0 Å². The molecular formula is C16H15F2NO. The quantitative estimate of drug-likeness (QED) is 0.776. The van der Waals surface area contributed by atoms with Gasteiger partial charge in [-0.15, -0.1) is 0 Å². The molecule has 0 atom stereocenters. The molecule has 0 aliphatic rings. The van der Waals surface area contributed by atoms with E-state index in [4.69, 9.17) is 0 Å². The molecule has 0 N–H and O–H groups in total. The molecule has 0 spiro atoms. The zero-order chi connectivity index (χ0) is 14.5. The van der Waals surface area contributed by atoms with Crippen LogP contribution in [-0.4, -0.2) is 18.9 Å². The van der Waals surface area contributed by atoms with E-state index in [0.29, 0.717) is 6.54 Å². The van der Waals surface area contributed by atoms with Gasteiger partial charge in [-0.2, -0.15) is 0 Å². The van der Waals surface area contributed by atoms with E-state index in [0.717, 1.165) is 17.8 Å². The Labute approximate surface area is 116 Å². The van der Waals surface area contributed by atoms with Crippen LogP contribution < -0.4 is 4.90 Å². The van der Waals surface area contributed by atoms with Crippen molar-refractivity contribution in [2.45, 2.75) is 6.92 Å². The highest BCUT2D eigenvalue weighted by Crippen LogP contribution is 2.17. The Morgan fingerprint density at radius 3 is 2.15 bits per heavy atom. The Hall–Kier alpha value is -2.23. The van der Waals surface area contributed by atoms with E-state index in [1.165, 1.54) is 6.07 Å². The third kappa shape index (κ3) is 3.02. The molecule has 0 unspecified atom stereocenters. The number of carbonyl (C=O) groups excluding carboxylic acids is 1. The number of benzene rings is 2. The Morgan fingerprint density at radius 1 is 1.00 bits per heavy atom. The number of para-hydroxylation sites is 1. The Kier molecular flexibility index (Phi) is 4.45. The first-order valence-corrected chi connectivity index (χ1v) is 6.40. The van der Waals surface area contributed by atoms with Gasteiger partial charge in [0.1, 0.15) is 11.6 Å². The van der Waals surface area contributed by atoms with Gasteiger partial charge in [-0.25, -0.2) is 8.78 Å². The van der Waals surface area contributed by atoms with Crippen LogP contribution in [-0.2, 0) is 0 Å². The SMILES string of the molecule is CCN(CC(=O)c1c(F)cccc1F)c1ccccc1. The summed E-state index contributed by atoms with van der Waals surface area (Å²) in [6.45, 7) is 2.40. The number of anilines is 1. The molecule has 4 heteroatoms. The highest BCUT2D eigenvalue weighted by atomic mass is 19.1. The summed E-state index contributed by atoms with van der Waals surface area (Å²) in [4.78, 5) is 13.9. The predicted octanol–water partition coefficient (Wildman–Crippen LogP) is 3.67. The zero-order valence-electron chi connectivity index (χ0n) is 11.1. The lowest BCUT2D eigenvalue weighted by Gasteiger charge is -2.22. The Bertz CT molecular complexity index is 578. The number of likely N-dealkylation sites (N-methyl/N-ethyl adjacent to an activating group) is 1. The molecule has 2 rings (SSSR count). The van der Waals surface area contributed by atoms with Crippen molar-refractivity contribution < 1.29 is 13.6 Å². The number of hydrogen-bond acceptors (Lipinski definition) is 2. The molecule has 0 bridgehead atoms. The minimum atomic E-state index is -0.820. The first-order chi connectivity index (χ1) is 9.63. The summed E-state index contributed by atoms with van der Waals surface area (Å²) in [7, 11) is 0. The van der Waals surface area contributed by atoms with Gasteiger partial charge in [-0.1, -0.05) is 24.3 Å². The number of carbonyl (C=O) groups is 1. The van der Waals surface area contributed by atoms with Gasteiger partial charge in [0.15, 0.2) is 5.78 Å². The van der Waals surface area contributed by atoms with Crippen LogP contribution in [0.1, 0.15) is 17.3 Å². The van der Waals surface area contributed by atoms with Gasteiger partial charge in [0.05, 0.1) is 12.1 Å². The van der Waals surface area contributed by atoms with Crippen LogP contribution in [0, 0.1) is 11.6 Å². The van der Waals surface area contributed by atoms with Crippen LogP contribution in [0.4, 0.5) is 14.5 Å². The number of halogens is 2. The molecule has 20 heavy (non-hydrogen) atoms. The van der Waals surface area contributed by atoms with E-state index in [1.807, 2.05) is 37.3 Å². The summed E-state index contributed by atoms with van der Waals surface area (Å²) < 4.78 is 27.2. The van der Waals surface area contributed by atoms with Crippen molar-refractivity contribution in [1.29, 1.82) is 0 Å². The predicted molar refractivity (Wildman–Crippen MR) is 75.0 cm³/mol. The van der Waals surface area contributed by atoms with Gasteiger partial charge < -0.3 is 4.90 Å². The average Bonchev–Trinajstić information content (AvgIpc) is 2.45. The molecule has 2 aromatic carbocycles. The molecule has 2 aromatic rings. The van der Waals surface area contributed by atoms with Crippen molar-refractivity contribution in [2.75, 3.05) is 18.0 Å². The number of ketones is 1. The summed E-state index contributed by atoms with van der Waals surface area (Å²) in [6, 6.07) is 12.7. The molecule has 104 valence electrons. The van der Waals surface area contributed by atoms with E-state index >= 15 is 0 Å². The summed E-state index contributed by atoms with van der Waals surface area (Å²) >= 11 is 0. The third-order valence-electron chi connectivity index (χ3n) is 3.08. The van der Waals surface area contributed by atoms with Crippen LogP contribution in [0.2, 0.25) is 0 Å². The second kappa shape index (κ2) is 6.28. The Morgan fingerprint density at radius 2 is 1.60 bits per heavy atom. The molecule has 2 nitrogen and oxygen atoms in total. The maximum Gasteiger partial charge on any atom is 0.187 e. The number of Topliss-reactive ketones (excluding diaryl/α,β-unsaturated/α-hetero) is 1. The zero-order valence-corrected chi connectivity index (χ0v) is 11.1. The average molecular weight is 275 g/mol. The third-order valence-corrected chi connectivity index (χ3v) is 3.08. The van der Waals surface area contributed by atoms with Crippen molar-refractivity contribution in [1.82, 2.24) is 0 Å². The molecule has 0 saturated carbocycles. The molecule has 0 aliphatic heterocycles. The molecular weight excluding hydrogens is 260 g/mol. The van der Waals surface area contributed by atoms with Gasteiger partial charge >= 0.3 is 0 Å². The number of nitrogens with zero attached hydrogens (tertiary/aromatic N) is 1. The fourth-order valence-electron chi connectivity index (χ4n) is 2.04. The van der Waals surface area contributed by atoms with Gasteiger partial charge in [0.2, 0.25) is 0 Å². The molecule has 0 aromatic heterocycles. The van der Waals surface area contributed by atoms with E-state index < -0.39 is 23.0 Å². The lowest BCUT2D eigenvalue weighted by atomic mass is 10.1. The smallest absolute Gasteiger partial charge is 0.187 e. The summed E-state index contributed by atoms with van der Waals surface area (Å²) in [5.41, 5.74) is 0.377. The largest absolute Gasteiger partial charge is 0.364 e. The summed E-state index contributed by atoms with van der Waals surface area (Å²) in [5.74, 6) is -2.20. The van der Waals surface area contributed by atoms with Gasteiger partial charge in [0.25, 0.3) is 0 Å². The van der Waals surface area contributed by atoms with Gasteiger partial charge in [-0.3, -0.25) is 4.79 Å². The molecule has 0 aliphatic carbocycles. The van der Waals surface area contributed by atoms with Crippen molar-refractivity contribution in [3.8, 4) is 0 Å². The van der Waals surface area contributed by atoms with E-state index in [1.54, 1.807) is 4.90 Å². The molecule has 0 saturated heterocycles. The number of rotatable bonds is 5. The van der Waals surface area contributed by atoms with E-state index in [9.17, 15) is 13.6 Å². The van der Waals surface area contributed by atoms with Crippen LogP contribution in [0.3, 0.4) is 0 Å². The normalized spacial score (nSPS) is 10.3. The van der Waals surface area contributed by atoms with Gasteiger partial charge in [-0.05, 0) is 31.2 Å². The van der Waals surface area contributed by atoms with E-state index in [2.05, 4.69) is 0 Å². The van der Waals surface area contributed by atoms with Crippen molar-refractivity contribution >= 4 is 11.5 Å². The first-order valence-electron chi connectivity index (χ1n) is 6.40. The van der Waals surface area contributed by atoms with Crippen molar-refractivity contribution in [3.63, 3.8) is 0 Å². The fourth-order valence-corrected chi connectivity index (χ4v) is 2.04. The molecule has 0 amide bonds. The Balaban J connectivity index is 2.22. The first kappa shape index (κ1) is 14.2. The van der Waals surface area contributed by atoms with Crippen LogP contribution in [0.5, 0.6) is 0 Å². The fraction of sp³-hybridized carbons (Fsp3) is 0.188. The van der Waals surface area contributed by atoms with Crippen LogP contribution >= 0.6 is 0 Å². The minimum Gasteiger partial charge on any atom is -0.364 e. The summed E-state index contributed by atoms with van der Waals surface area (Å²) in [5, 5.41) is 0. The van der Waals surface area contributed by atoms with Crippen LogP contribution in [0.25, 0.3) is 0 Å². The topological polar surface area (TPSA) is 20.3 Å². The standard InChI is InChI=1S/C16H15F2NO/c1-2-19(12-7-4-3-5-8-12)11-15(20)16-13(17)9-6-10-14(16)18/h3-10H,2,11H2,1H3. The maximum absolute atomic E-state index is 13.6. The highest BCUT2D eigenvalue weighted by molar-refractivity contribution is 5.99. The second-order valence-electron chi connectivity index (χ2n) is 4.37. The second-order valence-corrected chi connectivity index (χ2v) is 4.37.